The van der Waals surface area contributed by atoms with Gasteiger partial charge in [-0.25, -0.2) is 9.78 Å². The highest BCUT2D eigenvalue weighted by Crippen LogP contribution is 2.18. The van der Waals surface area contributed by atoms with Gasteiger partial charge in [-0.1, -0.05) is 0 Å². The van der Waals surface area contributed by atoms with Crippen molar-refractivity contribution in [2.45, 2.75) is 13.0 Å². The SMILES string of the molecule is COC(=O)c1cc(N2CCN(C(C)C#N)CC2)ccn1. The van der Waals surface area contributed by atoms with Gasteiger partial charge in [-0.15, -0.1) is 0 Å². The van der Waals surface area contributed by atoms with Crippen molar-refractivity contribution < 1.29 is 9.53 Å². The molecule has 0 amide bonds. The van der Waals surface area contributed by atoms with Crippen LogP contribution in [0.4, 0.5) is 5.69 Å². The number of hydrogen-bond donors (Lipinski definition) is 0. The van der Waals surface area contributed by atoms with Crippen LogP contribution in [0.25, 0.3) is 0 Å². The predicted molar refractivity (Wildman–Crippen MR) is 74.4 cm³/mol. The molecule has 0 saturated carbocycles. The number of carbonyl (C=O) groups excluding carboxylic acids is 1. The number of piperazine rings is 1. The molecule has 1 fully saturated rings. The zero-order chi connectivity index (χ0) is 14.5. The monoisotopic (exact) mass is 274 g/mol. The topological polar surface area (TPSA) is 69.5 Å². The smallest absolute Gasteiger partial charge is 0.356 e. The van der Waals surface area contributed by atoms with Gasteiger partial charge in [0, 0.05) is 38.1 Å². The van der Waals surface area contributed by atoms with E-state index in [-0.39, 0.29) is 6.04 Å². The minimum Gasteiger partial charge on any atom is -0.464 e. The Labute approximate surface area is 118 Å². The van der Waals surface area contributed by atoms with Crippen LogP contribution in [0, 0.1) is 11.3 Å². The number of methoxy groups -OCH3 is 1. The maximum absolute atomic E-state index is 11.5. The Morgan fingerprint density at radius 2 is 2.15 bits per heavy atom. The standard InChI is InChI=1S/C14H18N4O2/c1-11(10-15)17-5-7-18(8-6-17)12-3-4-16-13(9-12)14(19)20-2/h3-4,9,11H,5-8H2,1-2H3. The van der Waals surface area contributed by atoms with Crippen molar-refractivity contribution >= 4 is 11.7 Å². The summed E-state index contributed by atoms with van der Waals surface area (Å²) in [6.07, 6.45) is 1.62. The maximum Gasteiger partial charge on any atom is 0.356 e. The van der Waals surface area contributed by atoms with Crippen molar-refractivity contribution in [3.05, 3.63) is 24.0 Å². The van der Waals surface area contributed by atoms with Gasteiger partial charge in [0.05, 0.1) is 19.2 Å². The van der Waals surface area contributed by atoms with Gasteiger partial charge < -0.3 is 9.64 Å². The summed E-state index contributed by atoms with van der Waals surface area (Å²) >= 11 is 0. The highest BCUT2D eigenvalue weighted by molar-refractivity contribution is 5.88. The van der Waals surface area contributed by atoms with E-state index < -0.39 is 5.97 Å². The van der Waals surface area contributed by atoms with Crippen LogP contribution >= 0.6 is 0 Å². The summed E-state index contributed by atoms with van der Waals surface area (Å²) in [6, 6.07) is 5.83. The number of hydrogen-bond acceptors (Lipinski definition) is 6. The summed E-state index contributed by atoms with van der Waals surface area (Å²) in [5.41, 5.74) is 1.28. The third-order valence-electron chi connectivity index (χ3n) is 3.55. The van der Waals surface area contributed by atoms with Crippen molar-refractivity contribution in [2.24, 2.45) is 0 Å². The Kier molecular flexibility index (Phi) is 4.53. The second kappa shape index (κ2) is 6.35. The summed E-state index contributed by atoms with van der Waals surface area (Å²) in [5.74, 6) is -0.427. The van der Waals surface area contributed by atoms with E-state index in [4.69, 9.17) is 5.26 Å². The molecule has 1 aromatic heterocycles. The van der Waals surface area contributed by atoms with Crippen LogP contribution in [0.15, 0.2) is 18.3 Å². The second-order valence-electron chi connectivity index (χ2n) is 4.72. The molecule has 0 spiro atoms. The fraction of sp³-hybridized carbons (Fsp3) is 0.500. The molecule has 0 aliphatic carbocycles. The first-order chi connectivity index (χ1) is 9.65. The third-order valence-corrected chi connectivity index (χ3v) is 3.55. The van der Waals surface area contributed by atoms with E-state index in [0.717, 1.165) is 31.9 Å². The molecule has 0 radical (unpaired) electrons. The van der Waals surface area contributed by atoms with Crippen LogP contribution in [0.1, 0.15) is 17.4 Å². The van der Waals surface area contributed by atoms with Crippen molar-refractivity contribution in [3.8, 4) is 6.07 Å². The Hall–Kier alpha value is -2.13. The molecule has 6 heteroatoms. The zero-order valence-corrected chi connectivity index (χ0v) is 11.7. The van der Waals surface area contributed by atoms with Crippen LogP contribution in [0.3, 0.4) is 0 Å². The highest BCUT2D eigenvalue weighted by atomic mass is 16.5. The van der Waals surface area contributed by atoms with Gasteiger partial charge in [-0.05, 0) is 19.1 Å². The fourth-order valence-corrected chi connectivity index (χ4v) is 2.28. The largest absolute Gasteiger partial charge is 0.464 e. The lowest BCUT2D eigenvalue weighted by Gasteiger charge is -2.37. The van der Waals surface area contributed by atoms with Crippen LogP contribution < -0.4 is 4.90 Å². The molecule has 6 nitrogen and oxygen atoms in total. The van der Waals surface area contributed by atoms with Gasteiger partial charge in [0.2, 0.25) is 0 Å². The van der Waals surface area contributed by atoms with Crippen LogP contribution in [0.5, 0.6) is 0 Å². The predicted octanol–water partition coefficient (Wildman–Crippen LogP) is 0.902. The fourth-order valence-electron chi connectivity index (χ4n) is 2.28. The molecule has 2 heterocycles. The van der Waals surface area contributed by atoms with E-state index in [0.29, 0.717) is 5.69 Å². The van der Waals surface area contributed by atoms with Crippen molar-refractivity contribution in [1.82, 2.24) is 9.88 Å². The third kappa shape index (κ3) is 3.06. The van der Waals surface area contributed by atoms with E-state index >= 15 is 0 Å². The summed E-state index contributed by atoms with van der Waals surface area (Å²) in [5, 5.41) is 8.93. The molecule has 20 heavy (non-hydrogen) atoms. The van der Waals surface area contributed by atoms with Gasteiger partial charge in [0.25, 0.3) is 0 Å². The Morgan fingerprint density at radius 1 is 1.45 bits per heavy atom. The number of anilines is 1. The van der Waals surface area contributed by atoms with Crippen molar-refractivity contribution in [2.75, 3.05) is 38.2 Å². The summed E-state index contributed by atoms with van der Waals surface area (Å²) < 4.78 is 4.68. The van der Waals surface area contributed by atoms with E-state index in [1.807, 2.05) is 13.0 Å². The quantitative estimate of drug-likeness (QED) is 0.763. The highest BCUT2D eigenvalue weighted by Gasteiger charge is 2.21. The average Bonchev–Trinajstić information content (AvgIpc) is 2.53. The lowest BCUT2D eigenvalue weighted by molar-refractivity contribution is 0.0594. The number of pyridine rings is 1. The number of carbonyl (C=O) groups is 1. The molecule has 0 bridgehead atoms. The van der Waals surface area contributed by atoms with E-state index in [9.17, 15) is 4.79 Å². The summed E-state index contributed by atoms with van der Waals surface area (Å²) in [4.78, 5) is 19.8. The number of nitrogens with zero attached hydrogens (tertiary/aromatic N) is 4. The summed E-state index contributed by atoms with van der Waals surface area (Å²) in [7, 11) is 1.35. The number of nitriles is 1. The number of rotatable bonds is 3. The first-order valence-corrected chi connectivity index (χ1v) is 6.58. The van der Waals surface area contributed by atoms with E-state index in [1.54, 1.807) is 12.3 Å². The second-order valence-corrected chi connectivity index (χ2v) is 4.72. The maximum atomic E-state index is 11.5. The van der Waals surface area contributed by atoms with Gasteiger partial charge in [0.1, 0.15) is 5.69 Å². The Bertz CT molecular complexity index is 518. The average molecular weight is 274 g/mol. The molecular weight excluding hydrogens is 256 g/mol. The lowest BCUT2D eigenvalue weighted by Crippen LogP contribution is -2.49. The van der Waals surface area contributed by atoms with Crippen LogP contribution in [0.2, 0.25) is 0 Å². The lowest BCUT2D eigenvalue weighted by atomic mass is 10.2. The first kappa shape index (κ1) is 14.3. The molecule has 1 aliphatic heterocycles. The van der Waals surface area contributed by atoms with E-state index in [1.165, 1.54) is 7.11 Å². The van der Waals surface area contributed by atoms with Crippen molar-refractivity contribution in [1.29, 1.82) is 5.26 Å². The van der Waals surface area contributed by atoms with Gasteiger partial charge in [-0.3, -0.25) is 4.90 Å². The normalized spacial score (nSPS) is 17.4. The molecule has 1 atom stereocenters. The van der Waals surface area contributed by atoms with Crippen molar-refractivity contribution in [3.63, 3.8) is 0 Å². The van der Waals surface area contributed by atoms with Gasteiger partial charge in [-0.2, -0.15) is 5.26 Å². The van der Waals surface area contributed by atoms with Crippen LogP contribution in [-0.2, 0) is 4.74 Å². The van der Waals surface area contributed by atoms with Crippen LogP contribution in [-0.4, -0.2) is 55.2 Å². The number of ether oxygens (including phenoxy) is 1. The minimum absolute atomic E-state index is 0.0554. The number of aromatic nitrogens is 1. The zero-order valence-electron chi connectivity index (χ0n) is 11.7. The van der Waals surface area contributed by atoms with Gasteiger partial charge in [0.15, 0.2) is 0 Å². The Balaban J connectivity index is 2.04. The Morgan fingerprint density at radius 3 is 2.75 bits per heavy atom. The van der Waals surface area contributed by atoms with Gasteiger partial charge >= 0.3 is 5.97 Å². The molecule has 106 valence electrons. The van der Waals surface area contributed by atoms with E-state index in [2.05, 4.69) is 25.6 Å². The molecule has 0 aromatic carbocycles. The molecule has 1 aliphatic rings. The molecule has 2 rings (SSSR count). The molecule has 1 saturated heterocycles. The minimum atomic E-state index is -0.427. The number of esters is 1. The summed E-state index contributed by atoms with van der Waals surface area (Å²) in [6.45, 7) is 5.25. The molecular formula is C14H18N4O2. The molecule has 0 N–H and O–H groups in total. The first-order valence-electron chi connectivity index (χ1n) is 6.58. The molecule has 1 aromatic rings. The molecule has 1 unspecified atom stereocenters.